The number of anilines is 1. The van der Waals surface area contributed by atoms with Crippen molar-refractivity contribution in [2.24, 2.45) is 0 Å². The third-order valence-electron chi connectivity index (χ3n) is 3.43. The predicted molar refractivity (Wildman–Crippen MR) is 77.0 cm³/mol. The van der Waals surface area contributed by atoms with Crippen molar-refractivity contribution in [3.8, 4) is 0 Å². The molecule has 0 bridgehead atoms. The molecule has 0 fully saturated rings. The van der Waals surface area contributed by atoms with E-state index in [4.69, 9.17) is 0 Å². The molecule has 1 heterocycles. The lowest BCUT2D eigenvalue weighted by molar-refractivity contribution is 1.08. The van der Waals surface area contributed by atoms with Crippen molar-refractivity contribution < 1.29 is 0 Å². The molecule has 0 atom stereocenters. The number of pyridine rings is 1. The van der Waals surface area contributed by atoms with Crippen LogP contribution in [0.5, 0.6) is 0 Å². The van der Waals surface area contributed by atoms with Crippen molar-refractivity contribution in [1.29, 1.82) is 0 Å². The van der Waals surface area contributed by atoms with E-state index in [9.17, 15) is 0 Å². The van der Waals surface area contributed by atoms with Gasteiger partial charge in [0.15, 0.2) is 0 Å². The predicted octanol–water partition coefficient (Wildman–Crippen LogP) is 3.93. The van der Waals surface area contributed by atoms with Crippen LogP contribution in [0, 0.1) is 27.7 Å². The van der Waals surface area contributed by atoms with Crippen LogP contribution in [-0.2, 0) is 6.54 Å². The van der Waals surface area contributed by atoms with Gasteiger partial charge in [0.25, 0.3) is 0 Å². The Bertz CT molecular complexity index is 559. The lowest BCUT2D eigenvalue weighted by Gasteiger charge is -2.12. The lowest BCUT2D eigenvalue weighted by Crippen LogP contribution is -2.04. The molecule has 1 N–H and O–H groups in total. The van der Waals surface area contributed by atoms with E-state index in [2.05, 4.69) is 49.3 Å². The first kappa shape index (κ1) is 12.6. The fourth-order valence-electron chi connectivity index (χ4n) is 2.07. The van der Waals surface area contributed by atoms with Crippen molar-refractivity contribution in [1.82, 2.24) is 4.98 Å². The Labute approximate surface area is 109 Å². The van der Waals surface area contributed by atoms with E-state index in [1.54, 1.807) is 0 Å². The summed E-state index contributed by atoms with van der Waals surface area (Å²) >= 11 is 0. The van der Waals surface area contributed by atoms with E-state index >= 15 is 0 Å². The topological polar surface area (TPSA) is 24.9 Å². The standard InChI is InChI=1S/C16H20N2/c1-11-8-13(3)15(9-12(11)2)10-18-16-6-5-7-17-14(16)4/h5-9,18H,10H2,1-4H3. The first-order chi connectivity index (χ1) is 8.58. The summed E-state index contributed by atoms with van der Waals surface area (Å²) in [6.07, 6.45) is 1.82. The Morgan fingerprint density at radius 2 is 1.72 bits per heavy atom. The van der Waals surface area contributed by atoms with Crippen LogP contribution in [0.25, 0.3) is 0 Å². The van der Waals surface area contributed by atoms with Gasteiger partial charge in [0, 0.05) is 12.7 Å². The second kappa shape index (κ2) is 5.21. The molecule has 0 aliphatic carbocycles. The summed E-state index contributed by atoms with van der Waals surface area (Å²) < 4.78 is 0. The van der Waals surface area contributed by atoms with Gasteiger partial charge >= 0.3 is 0 Å². The number of nitrogens with zero attached hydrogens (tertiary/aromatic N) is 1. The second-order valence-electron chi connectivity index (χ2n) is 4.85. The van der Waals surface area contributed by atoms with E-state index in [1.807, 2.05) is 19.2 Å². The van der Waals surface area contributed by atoms with Crippen LogP contribution >= 0.6 is 0 Å². The average Bonchev–Trinajstić information content (AvgIpc) is 2.34. The van der Waals surface area contributed by atoms with E-state index in [0.29, 0.717) is 0 Å². The molecule has 2 nitrogen and oxygen atoms in total. The summed E-state index contributed by atoms with van der Waals surface area (Å²) in [5, 5.41) is 3.45. The normalized spacial score (nSPS) is 10.4. The molecule has 0 spiro atoms. The summed E-state index contributed by atoms with van der Waals surface area (Å²) in [6.45, 7) is 9.35. The molecule has 1 aromatic carbocycles. The Morgan fingerprint density at radius 1 is 1.00 bits per heavy atom. The minimum absolute atomic E-state index is 0.847. The third-order valence-corrected chi connectivity index (χ3v) is 3.43. The van der Waals surface area contributed by atoms with Gasteiger partial charge in [-0.1, -0.05) is 12.1 Å². The summed E-state index contributed by atoms with van der Waals surface area (Å²) in [5.74, 6) is 0. The lowest BCUT2D eigenvalue weighted by atomic mass is 10.0. The highest BCUT2D eigenvalue weighted by atomic mass is 14.9. The fourth-order valence-corrected chi connectivity index (χ4v) is 2.07. The first-order valence-electron chi connectivity index (χ1n) is 6.30. The van der Waals surface area contributed by atoms with Crippen LogP contribution in [0.2, 0.25) is 0 Å². The molecule has 2 heteroatoms. The summed E-state index contributed by atoms with van der Waals surface area (Å²) in [7, 11) is 0. The van der Waals surface area contributed by atoms with Gasteiger partial charge in [-0.3, -0.25) is 4.98 Å². The fraction of sp³-hybridized carbons (Fsp3) is 0.312. The highest BCUT2D eigenvalue weighted by Crippen LogP contribution is 2.18. The molecule has 0 aliphatic rings. The van der Waals surface area contributed by atoms with E-state index < -0.39 is 0 Å². The number of aryl methyl sites for hydroxylation is 4. The van der Waals surface area contributed by atoms with Gasteiger partial charge in [0.05, 0.1) is 11.4 Å². The monoisotopic (exact) mass is 240 g/mol. The van der Waals surface area contributed by atoms with Crippen molar-refractivity contribution >= 4 is 5.69 Å². The third kappa shape index (κ3) is 2.70. The quantitative estimate of drug-likeness (QED) is 0.879. The second-order valence-corrected chi connectivity index (χ2v) is 4.85. The van der Waals surface area contributed by atoms with Crippen LogP contribution in [-0.4, -0.2) is 4.98 Å². The summed E-state index contributed by atoms with van der Waals surface area (Å²) in [4.78, 5) is 4.28. The molecule has 0 saturated carbocycles. The highest BCUT2D eigenvalue weighted by molar-refractivity contribution is 5.48. The van der Waals surface area contributed by atoms with Crippen LogP contribution in [0.15, 0.2) is 30.5 Å². The molecule has 94 valence electrons. The van der Waals surface area contributed by atoms with Gasteiger partial charge in [0.1, 0.15) is 0 Å². The summed E-state index contributed by atoms with van der Waals surface area (Å²) in [6, 6.07) is 8.55. The van der Waals surface area contributed by atoms with Crippen molar-refractivity contribution in [2.45, 2.75) is 34.2 Å². The minimum atomic E-state index is 0.847. The number of aromatic nitrogens is 1. The van der Waals surface area contributed by atoms with Crippen molar-refractivity contribution in [3.05, 3.63) is 58.4 Å². The smallest absolute Gasteiger partial charge is 0.0603 e. The molecule has 0 radical (unpaired) electrons. The molecule has 1 aromatic heterocycles. The maximum Gasteiger partial charge on any atom is 0.0603 e. The Balaban J connectivity index is 2.16. The number of hydrogen-bond acceptors (Lipinski definition) is 2. The van der Waals surface area contributed by atoms with Crippen LogP contribution in [0.3, 0.4) is 0 Å². The Hall–Kier alpha value is -1.83. The molecule has 18 heavy (non-hydrogen) atoms. The van der Waals surface area contributed by atoms with Gasteiger partial charge < -0.3 is 5.32 Å². The largest absolute Gasteiger partial charge is 0.379 e. The number of hydrogen-bond donors (Lipinski definition) is 1. The minimum Gasteiger partial charge on any atom is -0.379 e. The van der Waals surface area contributed by atoms with Gasteiger partial charge in [0.2, 0.25) is 0 Å². The molecular formula is C16H20N2. The number of benzene rings is 1. The zero-order valence-corrected chi connectivity index (χ0v) is 11.5. The van der Waals surface area contributed by atoms with Crippen LogP contribution in [0.4, 0.5) is 5.69 Å². The maximum atomic E-state index is 4.28. The molecule has 0 aliphatic heterocycles. The van der Waals surface area contributed by atoms with Gasteiger partial charge in [-0.25, -0.2) is 0 Å². The highest BCUT2D eigenvalue weighted by Gasteiger charge is 2.03. The first-order valence-corrected chi connectivity index (χ1v) is 6.30. The van der Waals surface area contributed by atoms with Crippen molar-refractivity contribution in [2.75, 3.05) is 5.32 Å². The molecular weight excluding hydrogens is 220 g/mol. The molecule has 0 saturated heterocycles. The van der Waals surface area contributed by atoms with Crippen LogP contribution < -0.4 is 5.32 Å². The molecule has 0 unspecified atom stereocenters. The molecule has 0 amide bonds. The Morgan fingerprint density at radius 3 is 2.44 bits per heavy atom. The SMILES string of the molecule is Cc1cc(C)c(CNc2cccnc2C)cc1C. The molecule has 2 rings (SSSR count). The molecule has 2 aromatic rings. The van der Waals surface area contributed by atoms with Gasteiger partial charge in [-0.05, 0) is 62.1 Å². The van der Waals surface area contributed by atoms with E-state index in [-0.39, 0.29) is 0 Å². The summed E-state index contributed by atoms with van der Waals surface area (Å²) in [5.41, 5.74) is 7.54. The van der Waals surface area contributed by atoms with Crippen molar-refractivity contribution in [3.63, 3.8) is 0 Å². The zero-order chi connectivity index (χ0) is 13.1. The van der Waals surface area contributed by atoms with Gasteiger partial charge in [-0.2, -0.15) is 0 Å². The van der Waals surface area contributed by atoms with E-state index in [1.165, 1.54) is 22.3 Å². The zero-order valence-electron chi connectivity index (χ0n) is 11.5. The average molecular weight is 240 g/mol. The van der Waals surface area contributed by atoms with Crippen LogP contribution in [0.1, 0.15) is 27.9 Å². The maximum absolute atomic E-state index is 4.28. The number of nitrogens with one attached hydrogen (secondary N) is 1. The van der Waals surface area contributed by atoms with Gasteiger partial charge in [-0.15, -0.1) is 0 Å². The number of rotatable bonds is 3. The Kier molecular flexibility index (Phi) is 3.66. The van der Waals surface area contributed by atoms with E-state index in [0.717, 1.165) is 17.9 Å².